The van der Waals surface area contributed by atoms with Crippen molar-refractivity contribution in [2.45, 2.75) is 25.8 Å². The predicted molar refractivity (Wildman–Crippen MR) is 105 cm³/mol. The second-order valence-electron chi connectivity index (χ2n) is 6.79. The molecule has 7 heteroatoms. The lowest BCUT2D eigenvalue weighted by Crippen LogP contribution is -2.22. The third kappa shape index (κ3) is 4.19. The molecule has 1 aromatic carbocycles. The molecule has 0 unspecified atom stereocenters. The molecule has 2 aliphatic rings. The average Bonchev–Trinajstić information content (AvgIpc) is 3.37. The summed E-state index contributed by atoms with van der Waals surface area (Å²) in [6, 6.07) is 6.09. The van der Waals surface area contributed by atoms with Crippen molar-refractivity contribution in [1.82, 2.24) is 14.9 Å². The Labute approximate surface area is 159 Å². The van der Waals surface area contributed by atoms with Crippen LogP contribution in [0.4, 0.5) is 11.6 Å². The maximum Gasteiger partial charge on any atom is 0.262 e. The Morgan fingerprint density at radius 1 is 1.22 bits per heavy atom. The summed E-state index contributed by atoms with van der Waals surface area (Å²) in [5.41, 5.74) is 3.23. The van der Waals surface area contributed by atoms with Crippen LogP contribution in [0, 0.1) is 0 Å². The molecule has 1 aromatic heterocycles. The Morgan fingerprint density at radius 3 is 2.96 bits per heavy atom. The van der Waals surface area contributed by atoms with Crippen molar-refractivity contribution >= 4 is 17.9 Å². The van der Waals surface area contributed by atoms with Crippen molar-refractivity contribution < 1.29 is 9.47 Å². The van der Waals surface area contributed by atoms with E-state index in [2.05, 4.69) is 31.2 Å². The molecule has 142 valence electrons. The smallest absolute Gasteiger partial charge is 0.262 e. The number of hydrogen-bond donors (Lipinski definition) is 1. The Kier molecular flexibility index (Phi) is 5.48. The van der Waals surface area contributed by atoms with Crippen LogP contribution in [0.1, 0.15) is 30.4 Å². The molecule has 7 nitrogen and oxygen atoms in total. The molecule has 0 amide bonds. The SMILES string of the molecule is COc1cnc(Nc2cccc3c2C=NC3)nc1OCCCN1CCCC1. The number of ether oxygens (including phenoxy) is 2. The second kappa shape index (κ2) is 8.35. The van der Waals surface area contributed by atoms with Crippen LogP contribution in [-0.2, 0) is 6.54 Å². The van der Waals surface area contributed by atoms with E-state index in [1.54, 1.807) is 13.3 Å². The molecule has 1 fully saturated rings. The van der Waals surface area contributed by atoms with Crippen LogP contribution in [0.25, 0.3) is 0 Å². The molecule has 1 N–H and O–H groups in total. The highest BCUT2D eigenvalue weighted by atomic mass is 16.5. The van der Waals surface area contributed by atoms with E-state index in [0.29, 0.717) is 24.2 Å². The summed E-state index contributed by atoms with van der Waals surface area (Å²) in [6.07, 6.45) is 7.12. The number of likely N-dealkylation sites (tertiary alicyclic amines) is 1. The minimum absolute atomic E-state index is 0.470. The first kappa shape index (κ1) is 17.7. The number of rotatable bonds is 8. The average molecular weight is 367 g/mol. The Balaban J connectivity index is 1.41. The standard InChI is InChI=1S/C20H25N5O2/c1-26-18-14-22-20(23-17-7-4-6-15-12-21-13-16(15)17)24-19(18)27-11-5-10-25-8-2-3-9-25/h4,6-7,13-14H,2-3,5,8-12H2,1H3,(H,22,23,24). The van der Waals surface area contributed by atoms with E-state index in [1.165, 1.54) is 31.5 Å². The lowest BCUT2D eigenvalue weighted by molar-refractivity contribution is 0.246. The maximum atomic E-state index is 5.89. The van der Waals surface area contributed by atoms with Gasteiger partial charge in [-0.05, 0) is 44.0 Å². The van der Waals surface area contributed by atoms with Gasteiger partial charge in [0.15, 0.2) is 5.75 Å². The normalized spacial score (nSPS) is 15.7. The molecule has 3 heterocycles. The Hall–Kier alpha value is -2.67. The van der Waals surface area contributed by atoms with Gasteiger partial charge in [-0.15, -0.1) is 0 Å². The van der Waals surface area contributed by atoms with Gasteiger partial charge in [0.25, 0.3) is 5.88 Å². The molecule has 4 rings (SSSR count). The zero-order valence-electron chi connectivity index (χ0n) is 15.6. The van der Waals surface area contributed by atoms with Crippen molar-refractivity contribution in [3.8, 4) is 11.6 Å². The Morgan fingerprint density at radius 2 is 2.11 bits per heavy atom. The topological polar surface area (TPSA) is 71.9 Å². The molecule has 0 radical (unpaired) electrons. The quantitative estimate of drug-likeness (QED) is 0.723. The lowest BCUT2D eigenvalue weighted by atomic mass is 10.1. The van der Waals surface area contributed by atoms with Crippen molar-refractivity contribution in [2.75, 3.05) is 38.7 Å². The molecule has 0 aliphatic carbocycles. The van der Waals surface area contributed by atoms with E-state index < -0.39 is 0 Å². The first-order chi connectivity index (χ1) is 13.3. The van der Waals surface area contributed by atoms with Gasteiger partial charge < -0.3 is 19.7 Å². The number of aliphatic imine (C=N–C) groups is 1. The van der Waals surface area contributed by atoms with Gasteiger partial charge >= 0.3 is 0 Å². The largest absolute Gasteiger partial charge is 0.490 e. The van der Waals surface area contributed by atoms with Crippen LogP contribution in [0.5, 0.6) is 11.6 Å². The Bertz CT molecular complexity index is 818. The van der Waals surface area contributed by atoms with Crippen LogP contribution in [0.15, 0.2) is 29.4 Å². The molecular weight excluding hydrogens is 342 g/mol. The van der Waals surface area contributed by atoms with E-state index in [9.17, 15) is 0 Å². The van der Waals surface area contributed by atoms with Crippen LogP contribution in [-0.4, -0.2) is 54.4 Å². The first-order valence-electron chi connectivity index (χ1n) is 9.48. The fraction of sp³-hybridized carbons (Fsp3) is 0.450. The van der Waals surface area contributed by atoms with Gasteiger partial charge in [-0.3, -0.25) is 4.99 Å². The minimum atomic E-state index is 0.470. The van der Waals surface area contributed by atoms with E-state index in [1.807, 2.05) is 18.3 Å². The molecule has 1 saturated heterocycles. The van der Waals surface area contributed by atoms with Gasteiger partial charge in [-0.2, -0.15) is 4.98 Å². The maximum absolute atomic E-state index is 5.89. The summed E-state index contributed by atoms with van der Waals surface area (Å²) in [5, 5.41) is 3.27. The molecule has 2 aromatic rings. The zero-order chi connectivity index (χ0) is 18.5. The number of nitrogens with one attached hydrogen (secondary N) is 1. The van der Waals surface area contributed by atoms with Gasteiger partial charge in [0, 0.05) is 18.3 Å². The summed E-state index contributed by atoms with van der Waals surface area (Å²) in [6.45, 7) is 4.80. The second-order valence-corrected chi connectivity index (χ2v) is 6.79. The summed E-state index contributed by atoms with van der Waals surface area (Å²) in [5.74, 6) is 1.50. The number of nitrogens with zero attached hydrogens (tertiary/aromatic N) is 4. The summed E-state index contributed by atoms with van der Waals surface area (Å²) >= 11 is 0. The summed E-state index contributed by atoms with van der Waals surface area (Å²) in [4.78, 5) is 15.7. The molecular formula is C20H25N5O2. The number of methoxy groups -OCH3 is 1. The number of hydrogen-bond acceptors (Lipinski definition) is 7. The van der Waals surface area contributed by atoms with Crippen molar-refractivity contribution in [1.29, 1.82) is 0 Å². The monoisotopic (exact) mass is 367 g/mol. The summed E-state index contributed by atoms with van der Waals surface area (Å²) in [7, 11) is 1.60. The van der Waals surface area contributed by atoms with Gasteiger partial charge in [0.05, 0.1) is 32.1 Å². The summed E-state index contributed by atoms with van der Waals surface area (Å²) < 4.78 is 11.2. The van der Waals surface area contributed by atoms with E-state index in [-0.39, 0.29) is 0 Å². The predicted octanol–water partition coefficient (Wildman–Crippen LogP) is 3.03. The van der Waals surface area contributed by atoms with E-state index >= 15 is 0 Å². The van der Waals surface area contributed by atoms with Gasteiger partial charge in [-0.1, -0.05) is 12.1 Å². The van der Waals surface area contributed by atoms with Gasteiger partial charge in [0.2, 0.25) is 5.95 Å². The highest BCUT2D eigenvalue weighted by molar-refractivity contribution is 5.92. The van der Waals surface area contributed by atoms with E-state index in [0.717, 1.165) is 30.8 Å². The highest BCUT2D eigenvalue weighted by Gasteiger charge is 2.15. The number of aromatic nitrogens is 2. The number of anilines is 2. The fourth-order valence-electron chi connectivity index (χ4n) is 3.49. The van der Waals surface area contributed by atoms with E-state index in [4.69, 9.17) is 9.47 Å². The minimum Gasteiger partial charge on any atom is -0.490 e. The third-order valence-corrected chi connectivity index (χ3v) is 4.92. The molecule has 0 atom stereocenters. The van der Waals surface area contributed by atoms with Crippen molar-refractivity contribution in [3.05, 3.63) is 35.5 Å². The number of fused-ring (bicyclic) bond motifs is 1. The molecule has 0 saturated carbocycles. The van der Waals surface area contributed by atoms with Gasteiger partial charge in [-0.25, -0.2) is 4.98 Å². The van der Waals surface area contributed by atoms with Gasteiger partial charge in [0.1, 0.15) is 0 Å². The van der Waals surface area contributed by atoms with Crippen LogP contribution >= 0.6 is 0 Å². The zero-order valence-corrected chi connectivity index (χ0v) is 15.6. The lowest BCUT2D eigenvalue weighted by Gasteiger charge is -2.15. The van der Waals surface area contributed by atoms with Crippen LogP contribution in [0.2, 0.25) is 0 Å². The van der Waals surface area contributed by atoms with Crippen LogP contribution in [0.3, 0.4) is 0 Å². The molecule has 0 bridgehead atoms. The fourth-order valence-corrected chi connectivity index (χ4v) is 3.49. The molecule has 2 aliphatic heterocycles. The van der Waals surface area contributed by atoms with Crippen molar-refractivity contribution in [3.63, 3.8) is 0 Å². The first-order valence-corrected chi connectivity index (χ1v) is 9.48. The van der Waals surface area contributed by atoms with Crippen molar-refractivity contribution in [2.24, 2.45) is 4.99 Å². The molecule has 0 spiro atoms. The highest BCUT2D eigenvalue weighted by Crippen LogP contribution is 2.28. The van der Waals surface area contributed by atoms with Crippen LogP contribution < -0.4 is 14.8 Å². The third-order valence-electron chi connectivity index (χ3n) is 4.92. The number of benzene rings is 1. The molecule has 27 heavy (non-hydrogen) atoms.